The van der Waals surface area contributed by atoms with Crippen molar-refractivity contribution in [2.45, 2.75) is 56.3 Å². The fourth-order valence-corrected chi connectivity index (χ4v) is 4.65. The van der Waals surface area contributed by atoms with Crippen molar-refractivity contribution in [2.24, 2.45) is 0 Å². The molecule has 36 heavy (non-hydrogen) atoms. The number of hydrogen-bond acceptors (Lipinski definition) is 4. The smallest absolute Gasteiger partial charge is 0.416 e. The number of halogens is 7. The lowest BCUT2D eigenvalue weighted by atomic mass is 9.91. The number of benzene rings is 2. The summed E-state index contributed by atoms with van der Waals surface area (Å²) in [5.74, 6) is -1.36. The molecule has 0 heterocycles. The Morgan fingerprint density at radius 3 is 2.06 bits per heavy atom. The molecule has 0 amide bonds. The first-order valence-corrected chi connectivity index (χ1v) is 11.2. The van der Waals surface area contributed by atoms with E-state index in [2.05, 4.69) is 0 Å². The van der Waals surface area contributed by atoms with Crippen molar-refractivity contribution < 1.29 is 45.0 Å². The monoisotopic (exact) mass is 521 g/mol. The molecule has 0 saturated heterocycles. The minimum Gasteiger partial charge on any atom is -0.468 e. The van der Waals surface area contributed by atoms with Crippen LogP contribution in [0.25, 0.3) is 0 Å². The molecule has 1 aliphatic carbocycles. The maximum atomic E-state index is 13.6. The van der Waals surface area contributed by atoms with Gasteiger partial charge in [-0.15, -0.1) is 0 Å². The summed E-state index contributed by atoms with van der Waals surface area (Å²) in [6.45, 7) is 1.35. The molecule has 0 spiro atoms. The third-order valence-electron chi connectivity index (χ3n) is 6.45. The van der Waals surface area contributed by atoms with E-state index in [0.29, 0.717) is 30.5 Å². The molecule has 4 atom stereocenters. The number of ether oxygens (including phenoxy) is 2. The van der Waals surface area contributed by atoms with Crippen LogP contribution in [0.1, 0.15) is 54.0 Å². The molecule has 0 radical (unpaired) electrons. The zero-order valence-corrected chi connectivity index (χ0v) is 19.8. The van der Waals surface area contributed by atoms with Crippen LogP contribution in [0.3, 0.4) is 0 Å². The third-order valence-corrected chi connectivity index (χ3v) is 6.45. The van der Waals surface area contributed by atoms with Gasteiger partial charge < -0.3 is 9.47 Å². The Morgan fingerprint density at radius 2 is 1.56 bits per heavy atom. The molecule has 11 heteroatoms. The predicted molar refractivity (Wildman–Crippen MR) is 117 cm³/mol. The Kier molecular flexibility index (Phi) is 8.34. The highest BCUT2D eigenvalue weighted by Crippen LogP contribution is 2.43. The first-order valence-electron chi connectivity index (χ1n) is 11.2. The average Bonchev–Trinajstić information content (AvgIpc) is 3.21. The van der Waals surface area contributed by atoms with E-state index in [-0.39, 0.29) is 24.2 Å². The van der Waals surface area contributed by atoms with Gasteiger partial charge in [-0.2, -0.15) is 26.3 Å². The van der Waals surface area contributed by atoms with Gasteiger partial charge in [-0.05, 0) is 68.3 Å². The Balaban J connectivity index is 1.93. The van der Waals surface area contributed by atoms with E-state index in [4.69, 9.17) is 9.47 Å². The van der Waals surface area contributed by atoms with Crippen molar-refractivity contribution in [3.8, 4) is 0 Å². The van der Waals surface area contributed by atoms with Gasteiger partial charge in [0.2, 0.25) is 0 Å². The number of esters is 1. The van der Waals surface area contributed by atoms with Crippen molar-refractivity contribution in [3.63, 3.8) is 0 Å². The molecule has 0 bridgehead atoms. The number of methoxy groups -OCH3 is 1. The van der Waals surface area contributed by atoms with Gasteiger partial charge in [0.1, 0.15) is 5.82 Å². The number of rotatable bonds is 7. The second-order valence-electron chi connectivity index (χ2n) is 8.87. The molecule has 4 unspecified atom stereocenters. The van der Waals surface area contributed by atoms with E-state index in [1.54, 1.807) is 24.1 Å². The zero-order valence-electron chi connectivity index (χ0n) is 19.8. The summed E-state index contributed by atoms with van der Waals surface area (Å²) in [6.07, 6.45) is -10.7. The Hall–Kier alpha value is -2.66. The number of nitrogens with zero attached hydrogens (tertiary/aromatic N) is 1. The van der Waals surface area contributed by atoms with Gasteiger partial charge in [-0.25, -0.2) is 4.39 Å². The van der Waals surface area contributed by atoms with Gasteiger partial charge >= 0.3 is 18.3 Å². The summed E-state index contributed by atoms with van der Waals surface area (Å²) < 4.78 is 104. The zero-order chi connectivity index (χ0) is 26.8. The Labute approximate surface area is 204 Å². The van der Waals surface area contributed by atoms with E-state index in [1.165, 1.54) is 26.2 Å². The summed E-state index contributed by atoms with van der Waals surface area (Å²) in [6, 6.07) is 6.74. The largest absolute Gasteiger partial charge is 0.468 e. The number of carbonyl (C=O) groups excluding carboxylic acids is 1. The lowest BCUT2D eigenvalue weighted by Crippen LogP contribution is -2.40. The predicted octanol–water partition coefficient (Wildman–Crippen LogP) is 6.36. The number of alkyl halides is 6. The molecule has 198 valence electrons. The standard InChI is InChI=1S/C25H26F7NO3/c1-14(16-10-17(24(27,28)29)12-18(11-16)25(30,31)32)36-21-9-8-20(33(2)13-22(34)35-3)23(21)15-4-6-19(26)7-5-15/h4-7,10-12,14,20-21,23H,8-9,13H2,1-3H3. The summed E-state index contributed by atoms with van der Waals surface area (Å²) in [5, 5.41) is 0. The maximum absolute atomic E-state index is 13.6. The SMILES string of the molecule is COC(=O)CN(C)C1CCC(OC(C)c2cc(C(F)(F)F)cc(C(F)(F)F)c2)C1c1ccc(F)cc1. The molecule has 2 aromatic rings. The highest BCUT2D eigenvalue weighted by atomic mass is 19.4. The molecule has 1 fully saturated rings. The van der Waals surface area contributed by atoms with E-state index in [9.17, 15) is 35.5 Å². The molecule has 4 nitrogen and oxygen atoms in total. The third kappa shape index (κ3) is 6.56. The van der Waals surface area contributed by atoms with Crippen LogP contribution >= 0.6 is 0 Å². The van der Waals surface area contributed by atoms with E-state index < -0.39 is 53.4 Å². The van der Waals surface area contributed by atoms with Crippen LogP contribution in [-0.2, 0) is 26.6 Å². The van der Waals surface area contributed by atoms with Crippen LogP contribution in [-0.4, -0.2) is 43.7 Å². The van der Waals surface area contributed by atoms with E-state index in [1.807, 2.05) is 0 Å². The van der Waals surface area contributed by atoms with Gasteiger partial charge in [-0.1, -0.05) is 12.1 Å². The van der Waals surface area contributed by atoms with E-state index in [0.717, 1.165) is 0 Å². The summed E-state index contributed by atoms with van der Waals surface area (Å²) in [7, 11) is 2.95. The van der Waals surface area contributed by atoms with Gasteiger partial charge in [0.25, 0.3) is 0 Å². The Bertz CT molecular complexity index is 1020. The highest BCUT2D eigenvalue weighted by molar-refractivity contribution is 5.71. The second-order valence-corrected chi connectivity index (χ2v) is 8.87. The minimum absolute atomic E-state index is 0.0380. The van der Waals surface area contributed by atoms with E-state index >= 15 is 0 Å². The van der Waals surface area contributed by atoms with Crippen molar-refractivity contribution in [1.29, 1.82) is 0 Å². The van der Waals surface area contributed by atoms with Gasteiger partial charge in [0, 0.05) is 12.0 Å². The lowest BCUT2D eigenvalue weighted by Gasteiger charge is -2.33. The number of hydrogen-bond donors (Lipinski definition) is 0. The maximum Gasteiger partial charge on any atom is 0.416 e. The molecule has 3 rings (SSSR count). The van der Waals surface area contributed by atoms with Crippen LogP contribution in [0.5, 0.6) is 0 Å². The molecule has 0 aliphatic heterocycles. The first-order chi connectivity index (χ1) is 16.7. The Morgan fingerprint density at radius 1 is 1.00 bits per heavy atom. The van der Waals surface area contributed by atoms with Crippen molar-refractivity contribution in [1.82, 2.24) is 4.90 Å². The normalized spacial score (nSPS) is 21.6. The molecule has 0 aromatic heterocycles. The summed E-state index contributed by atoms with van der Waals surface area (Å²) in [4.78, 5) is 13.6. The van der Waals surface area contributed by atoms with Crippen LogP contribution in [0.4, 0.5) is 30.7 Å². The first kappa shape index (κ1) is 27.9. The fraction of sp³-hybridized carbons (Fsp3) is 0.480. The van der Waals surface area contributed by atoms with Crippen molar-refractivity contribution in [3.05, 3.63) is 70.5 Å². The number of likely N-dealkylation sites (N-methyl/N-ethyl adjacent to an activating group) is 1. The highest BCUT2D eigenvalue weighted by Gasteiger charge is 2.42. The molecule has 0 N–H and O–H groups in total. The summed E-state index contributed by atoms with van der Waals surface area (Å²) >= 11 is 0. The fourth-order valence-electron chi connectivity index (χ4n) is 4.65. The van der Waals surface area contributed by atoms with Crippen LogP contribution in [0, 0.1) is 5.82 Å². The molecule has 2 aromatic carbocycles. The minimum atomic E-state index is -4.97. The lowest BCUT2D eigenvalue weighted by molar-refractivity contribution is -0.144. The quantitative estimate of drug-likeness (QED) is 0.314. The van der Waals surface area contributed by atoms with Crippen molar-refractivity contribution in [2.75, 3.05) is 20.7 Å². The van der Waals surface area contributed by atoms with Gasteiger partial charge in [0.15, 0.2) is 0 Å². The molecule has 1 aliphatic rings. The summed E-state index contributed by atoms with van der Waals surface area (Å²) in [5.41, 5.74) is -2.42. The molecular formula is C25H26F7NO3. The molecular weight excluding hydrogens is 495 g/mol. The topological polar surface area (TPSA) is 38.8 Å². The van der Waals surface area contributed by atoms with Crippen LogP contribution in [0.2, 0.25) is 0 Å². The number of carbonyl (C=O) groups is 1. The van der Waals surface area contributed by atoms with Gasteiger partial charge in [-0.3, -0.25) is 9.69 Å². The molecule has 1 saturated carbocycles. The van der Waals surface area contributed by atoms with Gasteiger partial charge in [0.05, 0.1) is 37.0 Å². The average molecular weight is 521 g/mol. The second kappa shape index (κ2) is 10.8. The van der Waals surface area contributed by atoms with Crippen molar-refractivity contribution >= 4 is 5.97 Å². The van der Waals surface area contributed by atoms with Crippen LogP contribution < -0.4 is 0 Å². The van der Waals surface area contributed by atoms with Crippen LogP contribution in [0.15, 0.2) is 42.5 Å².